The van der Waals surface area contributed by atoms with E-state index in [-0.39, 0.29) is 32.2 Å². The number of amides is 2. The Morgan fingerprint density at radius 2 is 1.53 bits per heavy atom. The number of Topliss-reactive ketones (excluding diaryl/α,β-unsaturated/α-hetero) is 1. The molecular formula is C28H31N3O5. The molecule has 188 valence electrons. The lowest BCUT2D eigenvalue weighted by Gasteiger charge is -2.32. The minimum Gasteiger partial charge on any atom is -0.481 e. The van der Waals surface area contributed by atoms with E-state index in [1.807, 2.05) is 60.7 Å². The quantitative estimate of drug-likeness (QED) is 0.264. The Hall–Kier alpha value is -4.04. The van der Waals surface area contributed by atoms with Gasteiger partial charge in [0.05, 0.1) is 0 Å². The third kappa shape index (κ3) is 6.34. The molecule has 2 amide bonds. The Kier molecular flexibility index (Phi) is 8.55. The van der Waals surface area contributed by atoms with Crippen LogP contribution in [0.15, 0.2) is 66.7 Å². The van der Waals surface area contributed by atoms with Gasteiger partial charge in [-0.3, -0.25) is 19.2 Å². The second-order valence-electron chi connectivity index (χ2n) is 9.01. The smallest absolute Gasteiger partial charge is 0.303 e. The third-order valence-corrected chi connectivity index (χ3v) is 6.24. The number of benzene rings is 3. The lowest BCUT2D eigenvalue weighted by Crippen LogP contribution is -2.60. The van der Waals surface area contributed by atoms with Gasteiger partial charge in [-0.25, -0.2) is 0 Å². The molecule has 0 heterocycles. The van der Waals surface area contributed by atoms with Gasteiger partial charge in [-0.1, -0.05) is 60.7 Å². The molecule has 0 aliphatic carbocycles. The summed E-state index contributed by atoms with van der Waals surface area (Å²) in [6, 6.07) is 20.9. The average Bonchev–Trinajstić information content (AvgIpc) is 2.86. The summed E-state index contributed by atoms with van der Waals surface area (Å²) in [4.78, 5) is 51.1. The van der Waals surface area contributed by atoms with E-state index in [0.717, 1.165) is 16.3 Å². The van der Waals surface area contributed by atoms with Gasteiger partial charge in [-0.05, 0) is 47.2 Å². The molecule has 3 aromatic rings. The Morgan fingerprint density at radius 1 is 0.917 bits per heavy atom. The van der Waals surface area contributed by atoms with Crippen LogP contribution >= 0.6 is 0 Å². The fourth-order valence-corrected chi connectivity index (χ4v) is 4.26. The topological polar surface area (TPSA) is 144 Å². The van der Waals surface area contributed by atoms with Crippen molar-refractivity contribution in [3.05, 3.63) is 83.4 Å². The lowest BCUT2D eigenvalue weighted by molar-refractivity contribution is -0.138. The Labute approximate surface area is 209 Å². The first-order valence-electron chi connectivity index (χ1n) is 11.8. The van der Waals surface area contributed by atoms with Crippen molar-refractivity contribution in [3.63, 3.8) is 0 Å². The van der Waals surface area contributed by atoms with Crippen LogP contribution in [0.3, 0.4) is 0 Å². The molecule has 0 aliphatic rings. The fraction of sp³-hybridized carbons (Fsp3) is 0.286. The monoisotopic (exact) mass is 489 g/mol. The van der Waals surface area contributed by atoms with Crippen molar-refractivity contribution < 1.29 is 24.3 Å². The van der Waals surface area contributed by atoms with Crippen molar-refractivity contribution in [3.8, 4) is 0 Å². The number of nitrogens with two attached hydrogens (primary N) is 2. The SMILES string of the molecule is CN(CCC(N)=O)C(=O)[C@](N)(CCCC(=O)O)C(=O)c1cc2ccccc2cc1Cc1ccccc1. The van der Waals surface area contributed by atoms with Gasteiger partial charge in [0, 0.05) is 32.0 Å². The number of nitrogens with zero attached hydrogens (tertiary/aromatic N) is 1. The Morgan fingerprint density at radius 3 is 2.14 bits per heavy atom. The van der Waals surface area contributed by atoms with E-state index in [1.54, 1.807) is 6.07 Å². The number of ketones is 1. The van der Waals surface area contributed by atoms with Gasteiger partial charge < -0.3 is 21.5 Å². The summed E-state index contributed by atoms with van der Waals surface area (Å²) in [5.41, 5.74) is 11.8. The summed E-state index contributed by atoms with van der Waals surface area (Å²) in [6.45, 7) is -0.00603. The minimum absolute atomic E-state index is 0.00603. The molecule has 0 saturated carbocycles. The Balaban J connectivity index is 2.07. The minimum atomic E-state index is -2.00. The number of primary amides is 1. The van der Waals surface area contributed by atoms with Crippen molar-refractivity contribution in [1.29, 1.82) is 0 Å². The van der Waals surface area contributed by atoms with E-state index in [4.69, 9.17) is 16.6 Å². The molecule has 8 heteroatoms. The first-order valence-corrected chi connectivity index (χ1v) is 11.8. The molecule has 0 aromatic heterocycles. The number of hydrogen-bond acceptors (Lipinski definition) is 5. The molecule has 5 N–H and O–H groups in total. The van der Waals surface area contributed by atoms with Crippen molar-refractivity contribution in [2.24, 2.45) is 11.5 Å². The summed E-state index contributed by atoms with van der Waals surface area (Å²) >= 11 is 0. The maximum atomic E-state index is 14.1. The van der Waals surface area contributed by atoms with Gasteiger partial charge in [-0.15, -0.1) is 0 Å². The highest BCUT2D eigenvalue weighted by molar-refractivity contribution is 6.19. The number of carboxylic acids is 1. The van der Waals surface area contributed by atoms with Crippen LogP contribution in [0.2, 0.25) is 0 Å². The van der Waals surface area contributed by atoms with Gasteiger partial charge in [0.25, 0.3) is 5.91 Å². The molecule has 36 heavy (non-hydrogen) atoms. The largest absolute Gasteiger partial charge is 0.481 e. The molecule has 0 radical (unpaired) electrons. The zero-order valence-corrected chi connectivity index (χ0v) is 20.3. The number of hydrogen-bond donors (Lipinski definition) is 3. The molecular weight excluding hydrogens is 458 g/mol. The van der Waals surface area contributed by atoms with E-state index >= 15 is 0 Å². The summed E-state index contributed by atoms with van der Waals surface area (Å²) < 4.78 is 0. The van der Waals surface area contributed by atoms with Crippen LogP contribution in [0, 0.1) is 0 Å². The van der Waals surface area contributed by atoms with Crippen LogP contribution < -0.4 is 11.5 Å². The Bertz CT molecular complexity index is 1270. The summed E-state index contributed by atoms with van der Waals surface area (Å²) in [7, 11) is 1.45. The first-order chi connectivity index (χ1) is 17.1. The normalized spacial score (nSPS) is 12.6. The van der Waals surface area contributed by atoms with E-state index < -0.39 is 29.1 Å². The maximum absolute atomic E-state index is 14.1. The molecule has 0 spiro atoms. The zero-order valence-electron chi connectivity index (χ0n) is 20.3. The fourth-order valence-electron chi connectivity index (χ4n) is 4.26. The number of likely N-dealkylation sites (N-methyl/N-ethyl adjacent to an activating group) is 1. The number of rotatable bonds is 12. The predicted molar refractivity (Wildman–Crippen MR) is 137 cm³/mol. The summed E-state index contributed by atoms with van der Waals surface area (Å²) in [5, 5.41) is 10.9. The number of carboxylic acid groups (broad SMARTS) is 1. The van der Waals surface area contributed by atoms with Crippen LogP contribution in [0.25, 0.3) is 10.8 Å². The van der Waals surface area contributed by atoms with Crippen LogP contribution in [-0.2, 0) is 20.8 Å². The van der Waals surface area contributed by atoms with Gasteiger partial charge in [0.1, 0.15) is 0 Å². The predicted octanol–water partition coefficient (Wildman–Crippen LogP) is 2.90. The van der Waals surface area contributed by atoms with Crippen LogP contribution in [-0.4, -0.2) is 52.7 Å². The maximum Gasteiger partial charge on any atom is 0.303 e. The van der Waals surface area contributed by atoms with E-state index in [9.17, 15) is 19.2 Å². The molecule has 0 aliphatic heterocycles. The molecule has 0 saturated heterocycles. The number of fused-ring (bicyclic) bond motifs is 1. The number of aliphatic carboxylic acids is 1. The zero-order chi connectivity index (χ0) is 26.3. The summed E-state index contributed by atoms with van der Waals surface area (Å²) in [5.74, 6) is -2.90. The molecule has 3 aromatic carbocycles. The van der Waals surface area contributed by atoms with Gasteiger partial charge in [0.15, 0.2) is 11.3 Å². The molecule has 3 rings (SSSR count). The van der Waals surface area contributed by atoms with E-state index in [1.165, 1.54) is 11.9 Å². The second kappa shape index (κ2) is 11.6. The second-order valence-corrected chi connectivity index (χ2v) is 9.01. The molecule has 0 unspecified atom stereocenters. The van der Waals surface area contributed by atoms with Crippen molar-refractivity contribution in [1.82, 2.24) is 4.90 Å². The van der Waals surface area contributed by atoms with Crippen LogP contribution in [0.4, 0.5) is 0 Å². The van der Waals surface area contributed by atoms with Gasteiger partial charge in [-0.2, -0.15) is 0 Å². The van der Waals surface area contributed by atoms with Gasteiger partial charge >= 0.3 is 5.97 Å². The average molecular weight is 490 g/mol. The number of carbonyl (C=O) groups excluding carboxylic acids is 3. The van der Waals surface area contributed by atoms with E-state index in [2.05, 4.69) is 0 Å². The van der Waals surface area contributed by atoms with Crippen LogP contribution in [0.5, 0.6) is 0 Å². The molecule has 0 fully saturated rings. The van der Waals surface area contributed by atoms with Crippen molar-refractivity contribution in [2.75, 3.05) is 13.6 Å². The first kappa shape index (κ1) is 26.6. The van der Waals surface area contributed by atoms with Gasteiger partial charge in [0.2, 0.25) is 5.91 Å². The van der Waals surface area contributed by atoms with E-state index in [0.29, 0.717) is 17.5 Å². The summed E-state index contributed by atoms with van der Waals surface area (Å²) in [6.07, 6.45) is 0.00366. The molecule has 0 bridgehead atoms. The van der Waals surface area contributed by atoms with Crippen molar-refractivity contribution >= 4 is 34.3 Å². The molecule has 1 atom stereocenters. The third-order valence-electron chi connectivity index (χ3n) is 6.24. The van der Waals surface area contributed by atoms with Crippen molar-refractivity contribution in [2.45, 2.75) is 37.6 Å². The van der Waals surface area contributed by atoms with Crippen LogP contribution in [0.1, 0.15) is 47.2 Å². The highest BCUT2D eigenvalue weighted by Crippen LogP contribution is 2.28. The number of carbonyl (C=O) groups is 4. The highest BCUT2D eigenvalue weighted by atomic mass is 16.4. The standard InChI is InChI=1S/C28H31N3O5/c1-31(15-13-24(29)32)27(36)28(30,14-7-12-25(33)34)26(35)23-18-21-11-6-5-10-20(21)17-22(23)16-19-8-3-2-4-9-19/h2-6,8-11,17-18H,7,12-16,30H2,1H3,(H2,29,32)(H,33,34)/t28-/m0/s1. The molecule has 8 nitrogen and oxygen atoms in total. The highest BCUT2D eigenvalue weighted by Gasteiger charge is 2.44. The lowest BCUT2D eigenvalue weighted by atomic mass is 9.81.